The zero-order valence-corrected chi connectivity index (χ0v) is 12.6. The molecule has 0 aromatic heterocycles. The van der Waals surface area contributed by atoms with Crippen LogP contribution in [0, 0.1) is 5.92 Å². The quantitative estimate of drug-likeness (QED) is 0.776. The van der Waals surface area contributed by atoms with E-state index in [0.29, 0.717) is 17.7 Å². The Kier molecular flexibility index (Phi) is 6.11. The van der Waals surface area contributed by atoms with Gasteiger partial charge >= 0.3 is 6.18 Å². The van der Waals surface area contributed by atoms with Crippen LogP contribution in [0.2, 0.25) is 0 Å². The van der Waals surface area contributed by atoms with Gasteiger partial charge in [-0.3, -0.25) is 4.79 Å². The third-order valence-electron chi connectivity index (χ3n) is 2.86. The maximum Gasteiger partial charge on any atom is 0.398 e. The molecule has 0 amide bonds. The molecule has 0 saturated heterocycles. The SMILES string of the molecule is CC(C)Cc1ccc([C@H](C)C(=O)SCC(F)(F)F)cc1. The highest BCUT2D eigenvalue weighted by Crippen LogP contribution is 2.27. The molecule has 1 aromatic rings. The van der Waals surface area contributed by atoms with E-state index < -0.39 is 23.0 Å². The third-order valence-corrected chi connectivity index (χ3v) is 3.97. The van der Waals surface area contributed by atoms with Crippen LogP contribution in [0.3, 0.4) is 0 Å². The number of thioether (sulfide) groups is 1. The molecule has 20 heavy (non-hydrogen) atoms. The molecule has 112 valence electrons. The fourth-order valence-electron chi connectivity index (χ4n) is 1.83. The molecular formula is C15H19F3OS. The second-order valence-electron chi connectivity index (χ2n) is 5.28. The van der Waals surface area contributed by atoms with Crippen LogP contribution in [-0.4, -0.2) is 17.0 Å². The largest absolute Gasteiger partial charge is 0.398 e. The third kappa shape index (κ3) is 5.99. The number of carbonyl (C=O) groups is 1. The van der Waals surface area contributed by atoms with Gasteiger partial charge in [-0.05, 0) is 23.5 Å². The van der Waals surface area contributed by atoms with Crippen molar-refractivity contribution in [2.24, 2.45) is 5.92 Å². The van der Waals surface area contributed by atoms with Gasteiger partial charge in [0, 0.05) is 0 Å². The second kappa shape index (κ2) is 7.16. The van der Waals surface area contributed by atoms with Crippen LogP contribution in [-0.2, 0) is 11.2 Å². The van der Waals surface area contributed by atoms with Gasteiger partial charge < -0.3 is 0 Å². The normalized spacial score (nSPS) is 13.6. The van der Waals surface area contributed by atoms with Crippen LogP contribution in [0.5, 0.6) is 0 Å². The number of rotatable bonds is 5. The minimum absolute atomic E-state index is 0.337. The summed E-state index contributed by atoms with van der Waals surface area (Å²) in [5, 5.41) is -0.445. The smallest absolute Gasteiger partial charge is 0.287 e. The molecular weight excluding hydrogens is 285 g/mol. The van der Waals surface area contributed by atoms with E-state index in [2.05, 4.69) is 13.8 Å². The molecule has 0 heterocycles. The van der Waals surface area contributed by atoms with Crippen molar-refractivity contribution >= 4 is 16.9 Å². The van der Waals surface area contributed by atoms with E-state index in [0.717, 1.165) is 12.0 Å². The van der Waals surface area contributed by atoms with Crippen LogP contribution in [0.25, 0.3) is 0 Å². The first kappa shape index (κ1) is 17.1. The summed E-state index contributed by atoms with van der Waals surface area (Å²) in [5.41, 5.74) is 1.93. The van der Waals surface area contributed by atoms with E-state index in [4.69, 9.17) is 0 Å². The lowest BCUT2D eigenvalue weighted by molar-refractivity contribution is -0.114. The van der Waals surface area contributed by atoms with E-state index in [1.165, 1.54) is 5.56 Å². The highest BCUT2D eigenvalue weighted by atomic mass is 32.2. The van der Waals surface area contributed by atoms with Crippen LogP contribution in [0.1, 0.15) is 37.8 Å². The lowest BCUT2D eigenvalue weighted by Gasteiger charge is -2.12. The Hall–Kier alpha value is -0.970. The zero-order chi connectivity index (χ0) is 15.3. The Balaban J connectivity index is 2.62. The topological polar surface area (TPSA) is 17.1 Å². The molecule has 5 heteroatoms. The van der Waals surface area contributed by atoms with Gasteiger partial charge in [0.2, 0.25) is 0 Å². The standard InChI is InChI=1S/C15H19F3OS/c1-10(2)8-12-4-6-13(7-5-12)11(3)14(19)20-9-15(16,17)18/h4-7,10-11H,8-9H2,1-3H3/t11-/m0/s1. The van der Waals surface area contributed by atoms with Gasteiger partial charge in [0.1, 0.15) is 0 Å². The summed E-state index contributed by atoms with van der Waals surface area (Å²) in [4.78, 5) is 11.7. The van der Waals surface area contributed by atoms with Crippen LogP contribution in [0.15, 0.2) is 24.3 Å². The van der Waals surface area contributed by atoms with Crippen molar-refractivity contribution in [2.75, 3.05) is 5.75 Å². The molecule has 0 N–H and O–H groups in total. The maximum absolute atomic E-state index is 12.1. The van der Waals surface area contributed by atoms with Gasteiger partial charge in [-0.2, -0.15) is 13.2 Å². The van der Waals surface area contributed by atoms with Gasteiger partial charge in [-0.15, -0.1) is 0 Å². The molecule has 1 rings (SSSR count). The minimum Gasteiger partial charge on any atom is -0.287 e. The van der Waals surface area contributed by atoms with Crippen molar-refractivity contribution in [1.29, 1.82) is 0 Å². The molecule has 0 unspecified atom stereocenters. The molecule has 0 spiro atoms. The minimum atomic E-state index is -4.30. The monoisotopic (exact) mass is 304 g/mol. The molecule has 0 aliphatic heterocycles. The molecule has 1 atom stereocenters. The summed E-state index contributed by atoms with van der Waals surface area (Å²) in [6.07, 6.45) is -3.35. The highest BCUT2D eigenvalue weighted by Gasteiger charge is 2.30. The van der Waals surface area contributed by atoms with E-state index in [9.17, 15) is 18.0 Å². The van der Waals surface area contributed by atoms with Crippen molar-refractivity contribution in [2.45, 2.75) is 39.3 Å². The summed E-state index contributed by atoms with van der Waals surface area (Å²) in [5.74, 6) is -1.10. The molecule has 0 saturated carbocycles. The van der Waals surface area contributed by atoms with Gasteiger partial charge in [0.15, 0.2) is 5.12 Å². The fraction of sp³-hybridized carbons (Fsp3) is 0.533. The molecule has 1 nitrogen and oxygen atoms in total. The van der Waals surface area contributed by atoms with Gasteiger partial charge in [-0.25, -0.2) is 0 Å². The average molecular weight is 304 g/mol. The molecule has 1 aromatic carbocycles. The summed E-state index contributed by atoms with van der Waals surface area (Å²) in [7, 11) is 0. The first-order valence-corrected chi connectivity index (χ1v) is 7.50. The number of hydrogen-bond donors (Lipinski definition) is 0. The van der Waals surface area contributed by atoms with Gasteiger partial charge in [0.05, 0.1) is 11.7 Å². The Morgan fingerprint density at radius 2 is 1.70 bits per heavy atom. The summed E-state index contributed by atoms with van der Waals surface area (Å²) < 4.78 is 36.2. The number of halogens is 3. The molecule has 0 aliphatic carbocycles. The number of alkyl halides is 3. The summed E-state index contributed by atoms with van der Waals surface area (Å²) in [6, 6.07) is 7.53. The van der Waals surface area contributed by atoms with Crippen LogP contribution >= 0.6 is 11.8 Å². The Labute approximate surface area is 121 Å². The predicted molar refractivity (Wildman–Crippen MR) is 76.9 cm³/mol. The van der Waals surface area contributed by atoms with E-state index >= 15 is 0 Å². The highest BCUT2D eigenvalue weighted by molar-refractivity contribution is 8.13. The molecule has 0 radical (unpaired) electrons. The van der Waals surface area contributed by atoms with Gasteiger partial charge in [-0.1, -0.05) is 56.8 Å². The van der Waals surface area contributed by atoms with E-state index in [-0.39, 0.29) is 0 Å². The number of hydrogen-bond acceptors (Lipinski definition) is 2. The average Bonchev–Trinajstić information content (AvgIpc) is 2.34. The number of carbonyl (C=O) groups excluding carboxylic acids is 1. The lowest BCUT2D eigenvalue weighted by atomic mass is 9.97. The van der Waals surface area contributed by atoms with Crippen molar-refractivity contribution in [1.82, 2.24) is 0 Å². The Morgan fingerprint density at radius 1 is 1.15 bits per heavy atom. The lowest BCUT2D eigenvalue weighted by Crippen LogP contribution is -2.15. The fourth-order valence-corrected chi connectivity index (χ4v) is 2.52. The summed E-state index contributed by atoms with van der Waals surface area (Å²) in [6.45, 7) is 5.88. The van der Waals surface area contributed by atoms with Crippen molar-refractivity contribution in [3.63, 3.8) is 0 Å². The van der Waals surface area contributed by atoms with Crippen molar-refractivity contribution in [3.05, 3.63) is 35.4 Å². The first-order valence-electron chi connectivity index (χ1n) is 6.51. The Bertz CT molecular complexity index is 437. The van der Waals surface area contributed by atoms with Crippen LogP contribution in [0.4, 0.5) is 13.2 Å². The molecule has 0 aliphatic rings. The van der Waals surface area contributed by atoms with E-state index in [1.807, 2.05) is 24.3 Å². The first-order chi connectivity index (χ1) is 9.19. The van der Waals surface area contributed by atoms with E-state index in [1.54, 1.807) is 6.92 Å². The van der Waals surface area contributed by atoms with Crippen molar-refractivity contribution < 1.29 is 18.0 Å². The Morgan fingerprint density at radius 3 is 2.15 bits per heavy atom. The summed E-state index contributed by atoms with van der Waals surface area (Å²) >= 11 is 0.337. The van der Waals surface area contributed by atoms with Crippen LogP contribution < -0.4 is 0 Å². The maximum atomic E-state index is 12.1. The molecule has 0 fully saturated rings. The number of benzene rings is 1. The predicted octanol–water partition coefficient (Wildman–Crippen LogP) is 4.81. The zero-order valence-electron chi connectivity index (χ0n) is 11.8. The molecule has 0 bridgehead atoms. The second-order valence-corrected chi connectivity index (χ2v) is 6.26. The van der Waals surface area contributed by atoms with Gasteiger partial charge in [0.25, 0.3) is 0 Å². The van der Waals surface area contributed by atoms with Crippen molar-refractivity contribution in [3.8, 4) is 0 Å².